The average Bonchev–Trinajstić information content (AvgIpc) is 3.21. The number of nitrogens with one attached hydrogen (secondary N) is 1. The van der Waals surface area contributed by atoms with Crippen molar-refractivity contribution in [3.05, 3.63) is 24.3 Å². The lowest BCUT2D eigenvalue weighted by atomic mass is 9.99. The Morgan fingerprint density at radius 1 is 0.579 bits per heavy atom. The van der Waals surface area contributed by atoms with E-state index in [-0.39, 0.29) is 12.5 Å². The summed E-state index contributed by atoms with van der Waals surface area (Å²) in [5, 5.41) is 54.2. The Kier molecular flexibility index (Phi) is 36.6. The zero-order valence-corrected chi connectivity index (χ0v) is 36.9. The van der Waals surface area contributed by atoms with E-state index in [0.29, 0.717) is 6.42 Å². The fraction of sp³-hybridized carbons (Fsp3) is 0.896. The molecule has 9 heteroatoms. The number of ether oxygens (including phenoxy) is 2. The molecule has 0 aromatic rings. The maximum atomic E-state index is 13.0. The quantitative estimate of drug-likeness (QED) is 0.0265. The van der Waals surface area contributed by atoms with E-state index >= 15 is 0 Å². The van der Waals surface area contributed by atoms with Crippen LogP contribution >= 0.6 is 0 Å². The molecule has 0 aromatic carbocycles. The molecule has 1 amide bonds. The summed E-state index contributed by atoms with van der Waals surface area (Å²) in [6, 6.07) is -0.804. The van der Waals surface area contributed by atoms with Crippen molar-refractivity contribution in [2.75, 3.05) is 13.2 Å². The minimum atomic E-state index is -1.56. The Bertz CT molecular complexity index is 945. The van der Waals surface area contributed by atoms with Crippen LogP contribution in [0.1, 0.15) is 219 Å². The molecular weight excluding hydrogens is 719 g/mol. The Morgan fingerprint density at radius 2 is 0.982 bits per heavy atom. The van der Waals surface area contributed by atoms with Gasteiger partial charge in [0.25, 0.3) is 0 Å². The van der Waals surface area contributed by atoms with Gasteiger partial charge >= 0.3 is 0 Å². The molecule has 9 nitrogen and oxygen atoms in total. The Balaban J connectivity index is 2.33. The van der Waals surface area contributed by atoms with Gasteiger partial charge < -0.3 is 40.3 Å². The van der Waals surface area contributed by atoms with Crippen molar-refractivity contribution < 1.29 is 39.8 Å². The van der Waals surface area contributed by atoms with Gasteiger partial charge in [-0.15, -0.1) is 0 Å². The second-order valence-corrected chi connectivity index (χ2v) is 16.9. The molecule has 1 aliphatic heterocycles. The van der Waals surface area contributed by atoms with Gasteiger partial charge in [0.1, 0.15) is 24.4 Å². The van der Waals surface area contributed by atoms with E-state index in [1.54, 1.807) is 6.08 Å². The third-order valence-corrected chi connectivity index (χ3v) is 11.5. The number of carbonyl (C=O) groups is 1. The van der Waals surface area contributed by atoms with Crippen LogP contribution in [0.3, 0.4) is 0 Å². The van der Waals surface area contributed by atoms with Gasteiger partial charge in [-0.3, -0.25) is 4.79 Å². The third-order valence-electron chi connectivity index (χ3n) is 11.5. The lowest BCUT2D eigenvalue weighted by Gasteiger charge is -2.40. The zero-order valence-electron chi connectivity index (χ0n) is 36.9. The molecule has 6 N–H and O–H groups in total. The minimum absolute atomic E-state index is 0.181. The second-order valence-electron chi connectivity index (χ2n) is 16.9. The van der Waals surface area contributed by atoms with Crippen LogP contribution in [0.15, 0.2) is 24.3 Å². The molecule has 1 saturated heterocycles. The maximum absolute atomic E-state index is 13.0. The Hall–Kier alpha value is -1.33. The number of aliphatic hydroxyl groups excluding tert-OH is 5. The van der Waals surface area contributed by atoms with Crippen molar-refractivity contribution in [1.82, 2.24) is 5.32 Å². The number of carbonyl (C=O) groups excluding carboxylic acids is 1. The third kappa shape index (κ3) is 29.5. The highest BCUT2D eigenvalue weighted by atomic mass is 16.7. The minimum Gasteiger partial charge on any atom is -0.394 e. The van der Waals surface area contributed by atoms with Gasteiger partial charge in [-0.1, -0.05) is 192 Å². The molecule has 0 aromatic heterocycles. The highest BCUT2D eigenvalue weighted by molar-refractivity contribution is 5.76. The van der Waals surface area contributed by atoms with Crippen molar-refractivity contribution in [1.29, 1.82) is 0 Å². The van der Waals surface area contributed by atoms with Gasteiger partial charge in [0.2, 0.25) is 5.91 Å². The molecule has 7 unspecified atom stereocenters. The van der Waals surface area contributed by atoms with E-state index in [2.05, 4.69) is 31.3 Å². The summed E-state index contributed by atoms with van der Waals surface area (Å²) in [6.45, 7) is 3.77. The van der Waals surface area contributed by atoms with Crippen molar-refractivity contribution in [2.24, 2.45) is 0 Å². The first-order chi connectivity index (χ1) is 27.8. The summed E-state index contributed by atoms with van der Waals surface area (Å²) in [7, 11) is 0. The van der Waals surface area contributed by atoms with E-state index in [0.717, 1.165) is 44.9 Å². The van der Waals surface area contributed by atoms with Crippen LogP contribution in [0.2, 0.25) is 0 Å². The molecule has 0 saturated carbocycles. The molecule has 1 rings (SSSR count). The molecule has 7 atom stereocenters. The molecule has 0 bridgehead atoms. The number of allylic oxidation sites excluding steroid dienone is 3. The second kappa shape index (κ2) is 38.8. The van der Waals surface area contributed by atoms with Crippen LogP contribution in [0, 0.1) is 0 Å². The smallest absolute Gasteiger partial charge is 0.220 e. The first-order valence-corrected chi connectivity index (χ1v) is 24.1. The van der Waals surface area contributed by atoms with Gasteiger partial charge in [0.05, 0.1) is 25.4 Å². The van der Waals surface area contributed by atoms with E-state index < -0.39 is 49.5 Å². The van der Waals surface area contributed by atoms with E-state index in [1.165, 1.54) is 154 Å². The van der Waals surface area contributed by atoms with Gasteiger partial charge in [-0.05, 0) is 44.9 Å². The summed E-state index contributed by atoms with van der Waals surface area (Å²) in [6.07, 6.45) is 39.3. The van der Waals surface area contributed by atoms with Crippen molar-refractivity contribution in [2.45, 2.75) is 262 Å². The molecule has 1 aliphatic rings. The maximum Gasteiger partial charge on any atom is 0.220 e. The van der Waals surface area contributed by atoms with Gasteiger partial charge in [-0.25, -0.2) is 0 Å². The molecule has 1 heterocycles. The molecule has 336 valence electrons. The number of rotatable bonds is 40. The standard InChI is InChI=1S/C48H91NO8/c1-3-5-7-9-11-13-15-17-19-20-21-22-24-25-27-29-31-33-35-37-42(51)41(40-56-48-47(55)46(54)45(53)43(39-50)57-48)49-44(52)38-36-34-32-30-28-26-23-18-16-14-12-10-8-6-4-2/h14,16,35,37,41-43,45-48,50-51,53-55H,3-13,15,17-34,36,38-40H2,1-2H3,(H,49,52)/b16-14-,37-35+. The molecule has 0 spiro atoms. The molecular formula is C48H91NO8. The fourth-order valence-electron chi connectivity index (χ4n) is 7.62. The van der Waals surface area contributed by atoms with Crippen LogP contribution in [0.5, 0.6) is 0 Å². The average molecular weight is 810 g/mol. The summed E-state index contributed by atoms with van der Waals surface area (Å²) in [5.74, 6) is -0.181. The number of amides is 1. The lowest BCUT2D eigenvalue weighted by Crippen LogP contribution is -2.60. The van der Waals surface area contributed by atoms with Crippen molar-refractivity contribution >= 4 is 5.91 Å². The van der Waals surface area contributed by atoms with Crippen LogP contribution in [-0.2, 0) is 14.3 Å². The molecule has 0 aliphatic carbocycles. The summed E-state index contributed by atoms with van der Waals surface area (Å²) in [4.78, 5) is 13.0. The number of hydrogen-bond donors (Lipinski definition) is 6. The van der Waals surface area contributed by atoms with E-state index in [1.807, 2.05) is 6.08 Å². The SMILES string of the molecule is CCCCCC/C=C\CCCCCCCCCC(=O)NC(COC1OC(CO)C(O)C(O)C1O)C(O)/C=C/CCCCCCCCCCCCCCCCCCC. The Labute approximate surface area is 349 Å². The lowest BCUT2D eigenvalue weighted by molar-refractivity contribution is -0.302. The fourth-order valence-corrected chi connectivity index (χ4v) is 7.62. The first kappa shape index (κ1) is 53.7. The van der Waals surface area contributed by atoms with Crippen LogP contribution < -0.4 is 5.32 Å². The number of hydrogen-bond acceptors (Lipinski definition) is 8. The summed E-state index contributed by atoms with van der Waals surface area (Å²) >= 11 is 0. The van der Waals surface area contributed by atoms with Gasteiger partial charge in [0, 0.05) is 6.42 Å². The first-order valence-electron chi connectivity index (χ1n) is 24.1. The molecule has 57 heavy (non-hydrogen) atoms. The summed E-state index contributed by atoms with van der Waals surface area (Å²) < 4.78 is 11.2. The van der Waals surface area contributed by atoms with E-state index in [9.17, 15) is 30.3 Å². The molecule has 1 fully saturated rings. The zero-order chi connectivity index (χ0) is 41.6. The van der Waals surface area contributed by atoms with Gasteiger partial charge in [0.15, 0.2) is 6.29 Å². The van der Waals surface area contributed by atoms with Crippen molar-refractivity contribution in [3.8, 4) is 0 Å². The van der Waals surface area contributed by atoms with Crippen molar-refractivity contribution in [3.63, 3.8) is 0 Å². The predicted molar refractivity (Wildman–Crippen MR) is 235 cm³/mol. The van der Waals surface area contributed by atoms with Crippen LogP contribution in [0.25, 0.3) is 0 Å². The molecule has 0 radical (unpaired) electrons. The topological polar surface area (TPSA) is 149 Å². The largest absolute Gasteiger partial charge is 0.394 e. The van der Waals surface area contributed by atoms with E-state index in [4.69, 9.17) is 9.47 Å². The highest BCUT2D eigenvalue weighted by Crippen LogP contribution is 2.23. The summed E-state index contributed by atoms with van der Waals surface area (Å²) in [5.41, 5.74) is 0. The Morgan fingerprint density at radius 3 is 1.44 bits per heavy atom. The monoisotopic (exact) mass is 810 g/mol. The van der Waals surface area contributed by atoms with Crippen LogP contribution in [-0.4, -0.2) is 87.5 Å². The number of aliphatic hydroxyl groups is 5. The predicted octanol–water partition coefficient (Wildman–Crippen LogP) is 10.3. The normalized spacial score (nSPS) is 21.1. The number of unbranched alkanes of at least 4 members (excludes halogenated alkanes) is 28. The highest BCUT2D eigenvalue weighted by Gasteiger charge is 2.44. The van der Waals surface area contributed by atoms with Gasteiger partial charge in [-0.2, -0.15) is 0 Å². The van der Waals surface area contributed by atoms with Crippen LogP contribution in [0.4, 0.5) is 0 Å².